The van der Waals surface area contributed by atoms with E-state index in [0.717, 1.165) is 12.0 Å². The van der Waals surface area contributed by atoms with Crippen LogP contribution in [0, 0.1) is 5.82 Å². The first kappa shape index (κ1) is 23.2. The highest BCUT2D eigenvalue weighted by Crippen LogP contribution is 2.27. The molecule has 0 unspecified atom stereocenters. The fourth-order valence-electron chi connectivity index (χ4n) is 4.39. The third-order valence-electron chi connectivity index (χ3n) is 6.21. The number of carbonyl (C=O) groups excluding carboxylic acids is 1. The molecule has 0 aliphatic carbocycles. The molecule has 0 bridgehead atoms. The second-order valence-corrected chi connectivity index (χ2v) is 8.59. The van der Waals surface area contributed by atoms with Crippen molar-refractivity contribution in [3.8, 4) is 16.9 Å². The lowest BCUT2D eigenvalue weighted by atomic mass is 9.88. The molecule has 0 aliphatic heterocycles. The molecule has 4 nitrogen and oxygen atoms in total. The van der Waals surface area contributed by atoms with Crippen molar-refractivity contribution in [1.82, 2.24) is 15.1 Å². The third-order valence-corrected chi connectivity index (χ3v) is 6.21. The van der Waals surface area contributed by atoms with Gasteiger partial charge in [0.15, 0.2) is 0 Å². The lowest BCUT2D eigenvalue weighted by Gasteiger charge is -2.18. The first-order valence-corrected chi connectivity index (χ1v) is 12.0. The van der Waals surface area contributed by atoms with Gasteiger partial charge in [0.1, 0.15) is 11.5 Å². The second kappa shape index (κ2) is 10.8. The average Bonchev–Trinajstić information content (AvgIpc) is 3.39. The van der Waals surface area contributed by atoms with Crippen LogP contribution in [0.3, 0.4) is 0 Å². The minimum absolute atomic E-state index is 0.162. The van der Waals surface area contributed by atoms with Crippen LogP contribution in [0.15, 0.2) is 121 Å². The van der Waals surface area contributed by atoms with Gasteiger partial charge in [-0.2, -0.15) is 5.10 Å². The van der Waals surface area contributed by atoms with Crippen LogP contribution >= 0.6 is 0 Å². The van der Waals surface area contributed by atoms with E-state index in [4.69, 9.17) is 0 Å². The Labute approximate surface area is 210 Å². The largest absolute Gasteiger partial charge is 0.351 e. The fourth-order valence-corrected chi connectivity index (χ4v) is 4.39. The zero-order chi connectivity index (χ0) is 24.7. The van der Waals surface area contributed by atoms with Crippen molar-refractivity contribution in [2.24, 2.45) is 0 Å². The fraction of sp³-hybridized carbons (Fsp3) is 0.0968. The highest BCUT2D eigenvalue weighted by molar-refractivity contribution is 5.94. The Morgan fingerprint density at radius 1 is 0.778 bits per heavy atom. The van der Waals surface area contributed by atoms with E-state index in [1.807, 2.05) is 66.7 Å². The summed E-state index contributed by atoms with van der Waals surface area (Å²) in [6.45, 7) is 0.489. The van der Waals surface area contributed by atoms with Crippen LogP contribution in [-0.2, 0) is 0 Å². The van der Waals surface area contributed by atoms with Crippen molar-refractivity contribution in [1.29, 1.82) is 0 Å². The van der Waals surface area contributed by atoms with Crippen LogP contribution in [0.5, 0.6) is 0 Å². The number of halogens is 1. The minimum Gasteiger partial charge on any atom is -0.351 e. The van der Waals surface area contributed by atoms with Gasteiger partial charge in [-0.15, -0.1) is 0 Å². The molecule has 1 N–H and O–H groups in total. The maximum Gasteiger partial charge on any atom is 0.270 e. The Morgan fingerprint density at radius 3 is 1.92 bits per heavy atom. The summed E-state index contributed by atoms with van der Waals surface area (Å²) in [6, 6.07) is 38.1. The molecule has 1 amide bonds. The normalized spacial score (nSPS) is 10.9. The van der Waals surface area contributed by atoms with E-state index in [9.17, 15) is 9.18 Å². The molecular formula is C31H26FN3O. The Bertz CT molecular complexity index is 1380. The Kier molecular flexibility index (Phi) is 6.99. The zero-order valence-corrected chi connectivity index (χ0v) is 19.7. The molecule has 5 heteroatoms. The molecule has 0 fully saturated rings. The van der Waals surface area contributed by atoms with Gasteiger partial charge in [0.2, 0.25) is 0 Å². The highest BCUT2D eigenvalue weighted by Gasteiger charge is 2.19. The number of carbonyl (C=O) groups is 1. The summed E-state index contributed by atoms with van der Waals surface area (Å²) in [7, 11) is 0. The second-order valence-electron chi connectivity index (χ2n) is 8.59. The van der Waals surface area contributed by atoms with Crippen LogP contribution in [0.4, 0.5) is 4.39 Å². The van der Waals surface area contributed by atoms with Gasteiger partial charge in [0, 0.05) is 18.0 Å². The number of amides is 1. The number of benzene rings is 4. The number of hydrogen-bond acceptors (Lipinski definition) is 2. The van der Waals surface area contributed by atoms with Gasteiger partial charge in [-0.25, -0.2) is 9.07 Å². The minimum atomic E-state index is -0.340. The number of hydrogen-bond donors (Lipinski definition) is 1. The Balaban J connectivity index is 1.39. The average molecular weight is 476 g/mol. The molecule has 0 spiro atoms. The maximum atomic E-state index is 13.5. The van der Waals surface area contributed by atoms with Crippen LogP contribution in [0.2, 0.25) is 0 Å². The predicted molar refractivity (Wildman–Crippen MR) is 141 cm³/mol. The summed E-state index contributed by atoms with van der Waals surface area (Å²) < 4.78 is 15.1. The molecule has 0 atom stereocenters. The van der Waals surface area contributed by atoms with Crippen molar-refractivity contribution < 1.29 is 9.18 Å². The summed E-state index contributed by atoms with van der Waals surface area (Å²) in [5, 5.41) is 7.75. The molecule has 4 aromatic carbocycles. The van der Waals surface area contributed by atoms with Gasteiger partial charge in [-0.3, -0.25) is 4.79 Å². The molecular weight excluding hydrogens is 449 g/mol. The molecule has 0 saturated carbocycles. The molecule has 5 aromatic rings. The summed E-state index contributed by atoms with van der Waals surface area (Å²) in [6.07, 6.45) is 0.746. The first-order valence-electron chi connectivity index (χ1n) is 12.0. The summed E-state index contributed by atoms with van der Waals surface area (Å²) in [5.41, 5.74) is 5.02. The van der Waals surface area contributed by atoms with Crippen LogP contribution < -0.4 is 5.32 Å². The monoisotopic (exact) mass is 475 g/mol. The van der Waals surface area contributed by atoms with Gasteiger partial charge in [-0.1, -0.05) is 91.0 Å². The first-order chi connectivity index (χ1) is 17.7. The van der Waals surface area contributed by atoms with Crippen molar-refractivity contribution in [3.05, 3.63) is 144 Å². The molecule has 0 saturated heterocycles. The molecule has 36 heavy (non-hydrogen) atoms. The van der Waals surface area contributed by atoms with E-state index in [1.165, 1.54) is 23.3 Å². The lowest BCUT2D eigenvalue weighted by Crippen LogP contribution is -2.28. The zero-order valence-electron chi connectivity index (χ0n) is 19.7. The van der Waals surface area contributed by atoms with E-state index in [0.29, 0.717) is 23.6 Å². The molecule has 1 heterocycles. The maximum absolute atomic E-state index is 13.5. The number of rotatable bonds is 8. The summed E-state index contributed by atoms with van der Waals surface area (Å²) >= 11 is 0. The van der Waals surface area contributed by atoms with Gasteiger partial charge >= 0.3 is 0 Å². The predicted octanol–water partition coefficient (Wildman–Crippen LogP) is 6.63. The van der Waals surface area contributed by atoms with Gasteiger partial charge in [-0.05, 0) is 47.9 Å². The number of nitrogens with one attached hydrogen (secondary N) is 1. The quantitative estimate of drug-likeness (QED) is 0.274. The molecule has 0 radical (unpaired) electrons. The van der Waals surface area contributed by atoms with Crippen LogP contribution in [-0.4, -0.2) is 22.2 Å². The van der Waals surface area contributed by atoms with Gasteiger partial charge < -0.3 is 5.32 Å². The topological polar surface area (TPSA) is 46.9 Å². The number of aromatic nitrogens is 2. The van der Waals surface area contributed by atoms with Crippen molar-refractivity contribution >= 4 is 5.91 Å². The standard InChI is InChI=1S/C31H26FN3O/c32-26-16-18-27(19-17-26)35-30(22-29(34-35)25-14-8-3-9-15-25)31(36)33-21-20-28(23-10-4-1-5-11-23)24-12-6-2-7-13-24/h1-19,22,28H,20-21H2,(H,33,36). The molecule has 178 valence electrons. The Morgan fingerprint density at radius 2 is 1.33 bits per heavy atom. The third kappa shape index (κ3) is 5.26. The van der Waals surface area contributed by atoms with E-state index in [2.05, 4.69) is 34.7 Å². The van der Waals surface area contributed by atoms with Crippen LogP contribution in [0.25, 0.3) is 16.9 Å². The van der Waals surface area contributed by atoms with E-state index in [-0.39, 0.29) is 17.6 Å². The van der Waals surface area contributed by atoms with Gasteiger partial charge in [0.25, 0.3) is 5.91 Å². The Hall–Kier alpha value is -4.51. The van der Waals surface area contributed by atoms with Crippen LogP contribution in [0.1, 0.15) is 34.0 Å². The van der Waals surface area contributed by atoms with Gasteiger partial charge in [0.05, 0.1) is 11.4 Å². The molecule has 1 aromatic heterocycles. The van der Waals surface area contributed by atoms with Crippen molar-refractivity contribution in [2.75, 3.05) is 6.54 Å². The van der Waals surface area contributed by atoms with Crippen molar-refractivity contribution in [3.63, 3.8) is 0 Å². The lowest BCUT2D eigenvalue weighted by molar-refractivity contribution is 0.0945. The van der Waals surface area contributed by atoms with E-state index < -0.39 is 0 Å². The molecule has 5 rings (SSSR count). The SMILES string of the molecule is O=C(NCCC(c1ccccc1)c1ccccc1)c1cc(-c2ccccc2)nn1-c1ccc(F)cc1. The van der Waals surface area contributed by atoms with E-state index >= 15 is 0 Å². The highest BCUT2D eigenvalue weighted by atomic mass is 19.1. The summed E-state index contributed by atoms with van der Waals surface area (Å²) in [4.78, 5) is 13.4. The summed E-state index contributed by atoms with van der Waals surface area (Å²) in [5.74, 6) is -0.406. The smallest absolute Gasteiger partial charge is 0.270 e. The van der Waals surface area contributed by atoms with Crippen molar-refractivity contribution in [2.45, 2.75) is 12.3 Å². The van der Waals surface area contributed by atoms with E-state index in [1.54, 1.807) is 22.9 Å². The number of nitrogens with zero attached hydrogens (tertiary/aromatic N) is 2. The molecule has 0 aliphatic rings.